The van der Waals surface area contributed by atoms with Crippen LogP contribution in [0.15, 0.2) is 82.6 Å². The number of sulfonamides is 1. The van der Waals surface area contributed by atoms with Crippen molar-refractivity contribution in [1.82, 2.24) is 5.32 Å². The SMILES string of the molecule is Cc1ccc(S(=O)(=O)N(CC(=O)N[C@@H](C)c2ccc(S(C)(=O)=O)cc2)c2ccccc2F)cc1. The van der Waals surface area contributed by atoms with Crippen molar-refractivity contribution in [2.24, 2.45) is 0 Å². The van der Waals surface area contributed by atoms with Crippen LogP contribution >= 0.6 is 0 Å². The third-order valence-corrected chi connectivity index (χ3v) is 8.11. The Morgan fingerprint density at radius 3 is 2.03 bits per heavy atom. The van der Waals surface area contributed by atoms with Crippen molar-refractivity contribution in [1.29, 1.82) is 0 Å². The summed E-state index contributed by atoms with van der Waals surface area (Å²) in [6.07, 6.45) is 1.10. The Hall–Kier alpha value is -3.24. The van der Waals surface area contributed by atoms with E-state index in [4.69, 9.17) is 0 Å². The van der Waals surface area contributed by atoms with Crippen molar-refractivity contribution in [3.05, 3.63) is 89.7 Å². The number of para-hydroxylation sites is 1. The van der Waals surface area contributed by atoms with E-state index in [9.17, 15) is 26.0 Å². The topological polar surface area (TPSA) is 101 Å². The van der Waals surface area contributed by atoms with Gasteiger partial charge in [0.2, 0.25) is 5.91 Å². The lowest BCUT2D eigenvalue weighted by Crippen LogP contribution is -2.42. The smallest absolute Gasteiger partial charge is 0.264 e. The summed E-state index contributed by atoms with van der Waals surface area (Å²) in [6.45, 7) is 2.83. The maximum Gasteiger partial charge on any atom is 0.264 e. The van der Waals surface area contributed by atoms with E-state index in [0.29, 0.717) is 5.56 Å². The second-order valence-electron chi connectivity index (χ2n) is 7.91. The van der Waals surface area contributed by atoms with Gasteiger partial charge in [-0.1, -0.05) is 42.0 Å². The monoisotopic (exact) mass is 504 g/mol. The molecule has 0 saturated heterocycles. The van der Waals surface area contributed by atoms with Crippen molar-refractivity contribution in [3.63, 3.8) is 0 Å². The van der Waals surface area contributed by atoms with Crippen molar-refractivity contribution < 1.29 is 26.0 Å². The molecule has 1 amide bonds. The summed E-state index contributed by atoms with van der Waals surface area (Å²) in [4.78, 5) is 12.9. The number of rotatable bonds is 8. The molecular formula is C24H25FN2O5S2. The van der Waals surface area contributed by atoms with Gasteiger partial charge in [-0.05, 0) is 55.8 Å². The lowest BCUT2D eigenvalue weighted by molar-refractivity contribution is -0.120. The van der Waals surface area contributed by atoms with E-state index in [0.717, 1.165) is 22.2 Å². The van der Waals surface area contributed by atoms with E-state index < -0.39 is 44.2 Å². The van der Waals surface area contributed by atoms with Crippen LogP contribution in [0, 0.1) is 12.7 Å². The fraction of sp³-hybridized carbons (Fsp3) is 0.208. The number of hydrogen-bond donors (Lipinski definition) is 1. The standard InChI is InChI=1S/C24H25FN2O5S2/c1-17-8-12-21(13-9-17)34(31,32)27(23-7-5-4-6-22(23)25)16-24(28)26-18(2)19-10-14-20(15-11-19)33(3,29)30/h4-15,18H,16H2,1-3H3,(H,26,28)/t18-/m0/s1. The van der Waals surface area contributed by atoms with Gasteiger partial charge in [0.15, 0.2) is 9.84 Å². The summed E-state index contributed by atoms with van der Waals surface area (Å²) in [5.74, 6) is -1.44. The molecule has 1 N–H and O–H groups in total. The number of amides is 1. The fourth-order valence-electron chi connectivity index (χ4n) is 3.30. The average molecular weight is 505 g/mol. The van der Waals surface area contributed by atoms with Crippen LogP contribution in [-0.2, 0) is 24.7 Å². The molecule has 0 spiro atoms. The summed E-state index contributed by atoms with van der Waals surface area (Å²) in [5, 5.41) is 2.69. The van der Waals surface area contributed by atoms with Gasteiger partial charge < -0.3 is 5.32 Å². The van der Waals surface area contributed by atoms with E-state index in [2.05, 4.69) is 5.32 Å². The summed E-state index contributed by atoms with van der Waals surface area (Å²) in [6, 6.07) is 16.8. The molecule has 1 atom stereocenters. The number of halogens is 1. The van der Waals surface area contributed by atoms with Gasteiger partial charge in [0, 0.05) is 6.26 Å². The van der Waals surface area contributed by atoms with Crippen LogP contribution in [0.3, 0.4) is 0 Å². The summed E-state index contributed by atoms with van der Waals surface area (Å²) in [5.41, 5.74) is 1.23. The van der Waals surface area contributed by atoms with Crippen LogP contribution < -0.4 is 9.62 Å². The Balaban J connectivity index is 1.87. The molecule has 3 aromatic rings. The molecule has 0 saturated carbocycles. The fourth-order valence-corrected chi connectivity index (χ4v) is 5.35. The number of benzene rings is 3. The molecule has 0 unspecified atom stereocenters. The van der Waals surface area contributed by atoms with Gasteiger partial charge in [-0.25, -0.2) is 21.2 Å². The largest absolute Gasteiger partial charge is 0.348 e. The first-order valence-corrected chi connectivity index (χ1v) is 13.7. The minimum absolute atomic E-state index is 0.0708. The molecule has 0 aromatic heterocycles. The third kappa shape index (κ3) is 5.81. The third-order valence-electron chi connectivity index (χ3n) is 5.20. The van der Waals surface area contributed by atoms with Gasteiger partial charge in [-0.2, -0.15) is 0 Å². The summed E-state index contributed by atoms with van der Waals surface area (Å²) < 4.78 is 65.3. The second kappa shape index (κ2) is 9.94. The molecule has 0 fully saturated rings. The first kappa shape index (κ1) is 25.4. The normalized spacial score (nSPS) is 12.7. The molecule has 10 heteroatoms. The van der Waals surface area contributed by atoms with Gasteiger partial charge in [-0.15, -0.1) is 0 Å². The predicted molar refractivity (Wildman–Crippen MR) is 128 cm³/mol. The zero-order chi connectivity index (χ0) is 25.1. The first-order valence-electron chi connectivity index (χ1n) is 10.3. The molecule has 0 bridgehead atoms. The maximum atomic E-state index is 14.6. The summed E-state index contributed by atoms with van der Waals surface area (Å²) >= 11 is 0. The minimum atomic E-state index is -4.25. The Morgan fingerprint density at radius 1 is 0.912 bits per heavy atom. The lowest BCUT2D eigenvalue weighted by atomic mass is 10.1. The number of nitrogens with zero attached hydrogens (tertiary/aromatic N) is 1. The highest BCUT2D eigenvalue weighted by Crippen LogP contribution is 2.26. The van der Waals surface area contributed by atoms with Gasteiger partial charge in [-0.3, -0.25) is 9.10 Å². The van der Waals surface area contributed by atoms with E-state index in [1.807, 2.05) is 6.92 Å². The number of anilines is 1. The highest BCUT2D eigenvalue weighted by molar-refractivity contribution is 7.93. The number of aryl methyl sites for hydroxylation is 1. The first-order chi connectivity index (χ1) is 15.9. The number of sulfone groups is 1. The van der Waals surface area contributed by atoms with Gasteiger partial charge in [0.05, 0.1) is 21.5 Å². The van der Waals surface area contributed by atoms with Gasteiger partial charge in [0.1, 0.15) is 12.4 Å². The molecule has 0 aliphatic rings. The van der Waals surface area contributed by atoms with Crippen molar-refractivity contribution >= 4 is 31.5 Å². The molecule has 3 aromatic carbocycles. The Bertz CT molecular complexity index is 1390. The molecule has 0 radical (unpaired) electrons. The predicted octanol–water partition coefficient (Wildman–Crippen LogP) is 3.61. The van der Waals surface area contributed by atoms with Gasteiger partial charge in [0.25, 0.3) is 10.0 Å². The molecular weight excluding hydrogens is 479 g/mol. The van der Waals surface area contributed by atoms with Crippen LogP contribution in [0.25, 0.3) is 0 Å². The molecule has 180 valence electrons. The zero-order valence-electron chi connectivity index (χ0n) is 18.9. The quantitative estimate of drug-likeness (QED) is 0.505. The molecule has 3 rings (SSSR count). The second-order valence-corrected chi connectivity index (χ2v) is 11.8. The lowest BCUT2D eigenvalue weighted by Gasteiger charge is -2.25. The minimum Gasteiger partial charge on any atom is -0.348 e. The number of hydrogen-bond acceptors (Lipinski definition) is 5. The van der Waals surface area contributed by atoms with E-state index >= 15 is 0 Å². The number of carbonyl (C=O) groups excluding carboxylic acids is 1. The molecule has 0 aliphatic carbocycles. The average Bonchev–Trinajstić information content (AvgIpc) is 2.78. The van der Waals surface area contributed by atoms with E-state index in [-0.39, 0.29) is 15.5 Å². The van der Waals surface area contributed by atoms with Crippen molar-refractivity contribution in [2.75, 3.05) is 17.1 Å². The zero-order valence-corrected chi connectivity index (χ0v) is 20.5. The summed E-state index contributed by atoms with van der Waals surface area (Å²) in [7, 11) is -7.61. The molecule has 7 nitrogen and oxygen atoms in total. The number of nitrogens with one attached hydrogen (secondary N) is 1. The van der Waals surface area contributed by atoms with Crippen LogP contribution in [0.5, 0.6) is 0 Å². The maximum absolute atomic E-state index is 14.6. The Labute approximate surface area is 199 Å². The number of carbonyl (C=O) groups is 1. The molecule has 0 aliphatic heterocycles. The highest BCUT2D eigenvalue weighted by atomic mass is 32.2. The Kier molecular flexibility index (Phi) is 7.42. The van der Waals surface area contributed by atoms with Crippen molar-refractivity contribution in [2.45, 2.75) is 29.7 Å². The molecule has 34 heavy (non-hydrogen) atoms. The van der Waals surface area contributed by atoms with Crippen molar-refractivity contribution in [3.8, 4) is 0 Å². The van der Waals surface area contributed by atoms with E-state index in [1.54, 1.807) is 31.2 Å². The molecule has 0 heterocycles. The van der Waals surface area contributed by atoms with Gasteiger partial charge >= 0.3 is 0 Å². The van der Waals surface area contributed by atoms with Crippen LogP contribution in [0.1, 0.15) is 24.1 Å². The van der Waals surface area contributed by atoms with E-state index in [1.165, 1.54) is 42.5 Å². The van der Waals surface area contributed by atoms with Crippen LogP contribution in [0.2, 0.25) is 0 Å². The Morgan fingerprint density at radius 2 is 1.47 bits per heavy atom. The van der Waals surface area contributed by atoms with Crippen LogP contribution in [-0.4, -0.2) is 35.5 Å². The van der Waals surface area contributed by atoms with Crippen LogP contribution in [0.4, 0.5) is 10.1 Å². The highest BCUT2D eigenvalue weighted by Gasteiger charge is 2.29.